The summed E-state index contributed by atoms with van der Waals surface area (Å²) >= 11 is 6.89. The van der Waals surface area contributed by atoms with Crippen LogP contribution in [0.3, 0.4) is 0 Å². The quantitative estimate of drug-likeness (QED) is 0.549. The van der Waals surface area contributed by atoms with Crippen molar-refractivity contribution in [1.82, 2.24) is 9.78 Å². The zero-order chi connectivity index (χ0) is 15.6. The molecular formula is C20H21ClN2. The minimum atomic E-state index is 0.00478. The van der Waals surface area contributed by atoms with Gasteiger partial charge < -0.3 is 0 Å². The molecule has 118 valence electrons. The van der Waals surface area contributed by atoms with Crippen molar-refractivity contribution in [2.75, 3.05) is 0 Å². The lowest BCUT2D eigenvalue weighted by Crippen LogP contribution is -2.13. The number of halogens is 1. The summed E-state index contributed by atoms with van der Waals surface area (Å²) in [5, 5.41) is 6.11. The SMILES string of the molecule is ClC(c1nn(-c2ccccc2)c2ccccc12)C1CCCCC1. The highest BCUT2D eigenvalue weighted by atomic mass is 35.5. The van der Waals surface area contributed by atoms with Gasteiger partial charge in [0.2, 0.25) is 0 Å². The topological polar surface area (TPSA) is 17.8 Å². The number of rotatable bonds is 3. The standard InChI is InChI=1S/C20H21ClN2/c21-19(15-9-3-1-4-10-15)20-17-13-7-8-14-18(17)23(22-20)16-11-5-2-6-12-16/h2,5-8,11-15,19H,1,3-4,9-10H2. The predicted octanol–water partition coefficient (Wildman–Crippen LogP) is 5.89. The van der Waals surface area contributed by atoms with Gasteiger partial charge in [0.15, 0.2) is 0 Å². The molecular weight excluding hydrogens is 304 g/mol. The normalized spacial score (nSPS) is 17.4. The molecule has 3 aromatic rings. The van der Waals surface area contributed by atoms with E-state index < -0.39 is 0 Å². The summed E-state index contributed by atoms with van der Waals surface area (Å²) in [6.45, 7) is 0. The van der Waals surface area contributed by atoms with Crippen molar-refractivity contribution >= 4 is 22.5 Å². The number of fused-ring (bicyclic) bond motifs is 1. The van der Waals surface area contributed by atoms with E-state index in [0.29, 0.717) is 5.92 Å². The van der Waals surface area contributed by atoms with Gasteiger partial charge in [-0.1, -0.05) is 55.7 Å². The molecule has 1 aromatic heterocycles. The molecule has 0 saturated heterocycles. The van der Waals surface area contributed by atoms with Crippen molar-refractivity contribution in [1.29, 1.82) is 0 Å². The molecule has 1 atom stereocenters. The number of hydrogen-bond acceptors (Lipinski definition) is 1. The third-order valence-corrected chi connectivity index (χ3v) is 5.50. The van der Waals surface area contributed by atoms with E-state index in [0.717, 1.165) is 16.9 Å². The second kappa shape index (κ2) is 6.37. The number of hydrogen-bond donors (Lipinski definition) is 0. The fraction of sp³-hybridized carbons (Fsp3) is 0.350. The summed E-state index contributed by atoms with van der Waals surface area (Å²) in [5.74, 6) is 0.549. The first kappa shape index (κ1) is 14.8. The van der Waals surface area contributed by atoms with Crippen LogP contribution in [0.15, 0.2) is 54.6 Å². The molecule has 3 heteroatoms. The van der Waals surface area contributed by atoms with Gasteiger partial charge in [0.05, 0.1) is 22.3 Å². The Kier molecular flexibility index (Phi) is 4.09. The van der Waals surface area contributed by atoms with E-state index in [4.69, 9.17) is 16.7 Å². The zero-order valence-corrected chi connectivity index (χ0v) is 13.9. The lowest BCUT2D eigenvalue weighted by Gasteiger charge is -2.25. The molecule has 1 heterocycles. The fourth-order valence-corrected chi connectivity index (χ4v) is 4.12. The summed E-state index contributed by atoms with van der Waals surface area (Å²) in [7, 11) is 0. The highest BCUT2D eigenvalue weighted by Gasteiger charge is 2.27. The highest BCUT2D eigenvalue weighted by molar-refractivity contribution is 6.21. The molecule has 0 radical (unpaired) electrons. The molecule has 1 aliphatic rings. The summed E-state index contributed by atoms with van der Waals surface area (Å²) in [6, 6.07) is 18.7. The van der Waals surface area contributed by atoms with E-state index in [-0.39, 0.29) is 5.38 Å². The number of aromatic nitrogens is 2. The molecule has 1 fully saturated rings. The molecule has 0 spiro atoms. The van der Waals surface area contributed by atoms with Crippen LogP contribution >= 0.6 is 11.6 Å². The minimum Gasteiger partial charge on any atom is -0.233 e. The van der Waals surface area contributed by atoms with Crippen LogP contribution < -0.4 is 0 Å². The first-order chi connectivity index (χ1) is 11.3. The van der Waals surface area contributed by atoms with Gasteiger partial charge in [-0.2, -0.15) is 5.10 Å². The Bertz CT molecular complexity index is 788. The Morgan fingerprint density at radius 2 is 1.61 bits per heavy atom. The molecule has 1 aliphatic carbocycles. The molecule has 0 N–H and O–H groups in total. The van der Waals surface area contributed by atoms with Crippen LogP contribution in [0, 0.1) is 5.92 Å². The number of nitrogens with zero attached hydrogens (tertiary/aromatic N) is 2. The average molecular weight is 325 g/mol. The predicted molar refractivity (Wildman–Crippen MR) is 96.2 cm³/mol. The first-order valence-electron chi connectivity index (χ1n) is 8.52. The largest absolute Gasteiger partial charge is 0.233 e. The van der Waals surface area contributed by atoms with Gasteiger partial charge in [-0.3, -0.25) is 0 Å². The molecule has 23 heavy (non-hydrogen) atoms. The van der Waals surface area contributed by atoms with Gasteiger partial charge >= 0.3 is 0 Å². The number of alkyl halides is 1. The molecule has 4 rings (SSSR count). The lowest BCUT2D eigenvalue weighted by atomic mass is 9.85. The first-order valence-corrected chi connectivity index (χ1v) is 8.95. The average Bonchev–Trinajstić information content (AvgIpc) is 3.02. The van der Waals surface area contributed by atoms with Gasteiger partial charge in [0.25, 0.3) is 0 Å². The van der Waals surface area contributed by atoms with E-state index in [2.05, 4.69) is 36.4 Å². The van der Waals surface area contributed by atoms with Crippen LogP contribution in [-0.4, -0.2) is 9.78 Å². The monoisotopic (exact) mass is 324 g/mol. The van der Waals surface area contributed by atoms with Gasteiger partial charge in [-0.15, -0.1) is 11.6 Å². The molecule has 0 bridgehead atoms. The summed E-state index contributed by atoms with van der Waals surface area (Å²) in [4.78, 5) is 0. The van der Waals surface area contributed by atoms with Crippen molar-refractivity contribution in [3.05, 3.63) is 60.3 Å². The number of benzene rings is 2. The Labute approximate surface area is 142 Å². The van der Waals surface area contributed by atoms with Gasteiger partial charge in [0.1, 0.15) is 0 Å². The van der Waals surface area contributed by atoms with Crippen LogP contribution in [0.4, 0.5) is 0 Å². The molecule has 2 aromatic carbocycles. The maximum atomic E-state index is 6.89. The minimum absolute atomic E-state index is 0.00478. The zero-order valence-electron chi connectivity index (χ0n) is 13.2. The van der Waals surface area contributed by atoms with Crippen LogP contribution in [0.1, 0.15) is 43.2 Å². The molecule has 0 aliphatic heterocycles. The summed E-state index contributed by atoms with van der Waals surface area (Å²) in [6.07, 6.45) is 6.39. The number of para-hydroxylation sites is 2. The Hall–Kier alpha value is -1.80. The fourth-order valence-electron chi connectivity index (χ4n) is 3.71. The van der Waals surface area contributed by atoms with Crippen molar-refractivity contribution < 1.29 is 0 Å². The Morgan fingerprint density at radius 1 is 0.913 bits per heavy atom. The van der Waals surface area contributed by atoms with Gasteiger partial charge in [-0.05, 0) is 37.0 Å². The smallest absolute Gasteiger partial charge is 0.0889 e. The van der Waals surface area contributed by atoms with E-state index in [1.54, 1.807) is 0 Å². The van der Waals surface area contributed by atoms with Crippen LogP contribution in [0.2, 0.25) is 0 Å². The van der Waals surface area contributed by atoms with E-state index in [9.17, 15) is 0 Å². The van der Waals surface area contributed by atoms with Crippen molar-refractivity contribution in [2.45, 2.75) is 37.5 Å². The molecule has 1 unspecified atom stereocenters. The Morgan fingerprint density at radius 3 is 2.39 bits per heavy atom. The van der Waals surface area contributed by atoms with Gasteiger partial charge in [-0.25, -0.2) is 4.68 Å². The van der Waals surface area contributed by atoms with E-state index in [1.165, 1.54) is 37.5 Å². The van der Waals surface area contributed by atoms with Crippen molar-refractivity contribution in [3.63, 3.8) is 0 Å². The third-order valence-electron chi connectivity index (χ3n) is 4.94. The summed E-state index contributed by atoms with van der Waals surface area (Å²) < 4.78 is 2.03. The van der Waals surface area contributed by atoms with Crippen molar-refractivity contribution in [2.24, 2.45) is 5.92 Å². The molecule has 0 amide bonds. The highest BCUT2D eigenvalue weighted by Crippen LogP contribution is 2.40. The maximum absolute atomic E-state index is 6.89. The van der Waals surface area contributed by atoms with Gasteiger partial charge in [0, 0.05) is 5.39 Å². The second-order valence-electron chi connectivity index (χ2n) is 6.45. The maximum Gasteiger partial charge on any atom is 0.0889 e. The third kappa shape index (κ3) is 2.76. The summed E-state index contributed by atoms with van der Waals surface area (Å²) in [5.41, 5.74) is 3.26. The van der Waals surface area contributed by atoms with E-state index in [1.807, 2.05) is 22.9 Å². The second-order valence-corrected chi connectivity index (χ2v) is 6.92. The van der Waals surface area contributed by atoms with Crippen LogP contribution in [-0.2, 0) is 0 Å². The van der Waals surface area contributed by atoms with Crippen LogP contribution in [0.25, 0.3) is 16.6 Å². The van der Waals surface area contributed by atoms with E-state index >= 15 is 0 Å². The molecule has 2 nitrogen and oxygen atoms in total. The lowest BCUT2D eigenvalue weighted by molar-refractivity contribution is 0.346. The Balaban J connectivity index is 1.81. The van der Waals surface area contributed by atoms with Crippen molar-refractivity contribution in [3.8, 4) is 5.69 Å². The van der Waals surface area contributed by atoms with Crippen LogP contribution in [0.5, 0.6) is 0 Å². The molecule has 1 saturated carbocycles.